The van der Waals surface area contributed by atoms with Crippen LogP contribution in [0.2, 0.25) is 0 Å². The summed E-state index contributed by atoms with van der Waals surface area (Å²) >= 11 is 0. The molecule has 13 nitrogen and oxygen atoms in total. The number of phenolic OH excluding ortho intramolecular Hbond substituents is 1. The second-order valence-electron chi connectivity index (χ2n) is 15.1. The molecule has 54 heavy (non-hydrogen) atoms. The van der Waals surface area contributed by atoms with Crippen molar-refractivity contribution in [3.05, 3.63) is 76.9 Å². The number of rotatable bonds is 13. The fourth-order valence-electron chi connectivity index (χ4n) is 8.81. The molecule has 0 bridgehead atoms. The zero-order valence-corrected chi connectivity index (χ0v) is 31.9. The van der Waals surface area contributed by atoms with Crippen molar-refractivity contribution in [2.75, 3.05) is 19.6 Å². The highest BCUT2D eigenvalue weighted by Gasteiger charge is 2.54. The molecule has 0 aliphatic heterocycles. The van der Waals surface area contributed by atoms with E-state index < -0.39 is 36.4 Å². The number of likely N-dealkylation sites (N-methyl/N-ethyl adjacent to an activating group) is 1. The number of carbonyl (C=O) groups is 3. The number of hydrogen-bond acceptors (Lipinski definition) is 10. The van der Waals surface area contributed by atoms with Gasteiger partial charge in [-0.2, -0.15) is 4.98 Å². The SMILES string of the molecule is CCC(c1ccccc1)c1noc(CCN(CC)CC)n1.C[C@]12CC[C@@H]3c4ccc(O)cc4CC[C@H]3[C@@H]1CC[C@@H]2O.O=C(O)CC(O)(CC(=O)O)C(=O)O. The Hall–Kier alpha value is -4.33. The number of benzene rings is 2. The van der Waals surface area contributed by atoms with E-state index >= 15 is 0 Å². The van der Waals surface area contributed by atoms with Crippen LogP contribution >= 0.6 is 0 Å². The van der Waals surface area contributed by atoms with Crippen molar-refractivity contribution in [1.82, 2.24) is 15.0 Å². The van der Waals surface area contributed by atoms with Crippen molar-refractivity contribution in [3.63, 3.8) is 0 Å². The fraction of sp³-hybridized carbons (Fsp3) is 0.585. The lowest BCUT2D eigenvalue weighted by Gasteiger charge is -2.50. The van der Waals surface area contributed by atoms with Crippen molar-refractivity contribution in [2.24, 2.45) is 17.3 Å². The number of aryl methyl sites for hydroxylation is 1. The number of aromatic hydroxyl groups is 1. The summed E-state index contributed by atoms with van der Waals surface area (Å²) in [6.45, 7) is 11.9. The first-order chi connectivity index (χ1) is 25.6. The number of hydrogen-bond donors (Lipinski definition) is 6. The summed E-state index contributed by atoms with van der Waals surface area (Å²) in [5.41, 5.74) is 1.50. The van der Waals surface area contributed by atoms with Crippen LogP contribution in [0.4, 0.5) is 0 Å². The first-order valence-corrected chi connectivity index (χ1v) is 19.1. The summed E-state index contributed by atoms with van der Waals surface area (Å²) in [6.07, 6.45) is 6.28. The fourth-order valence-corrected chi connectivity index (χ4v) is 8.81. The zero-order valence-electron chi connectivity index (χ0n) is 31.9. The molecule has 0 spiro atoms. The molecule has 6 N–H and O–H groups in total. The minimum absolute atomic E-state index is 0.0883. The van der Waals surface area contributed by atoms with Gasteiger partial charge < -0.3 is 40.1 Å². The maximum Gasteiger partial charge on any atom is 0.336 e. The second-order valence-corrected chi connectivity index (χ2v) is 15.1. The Morgan fingerprint density at radius 3 is 2.22 bits per heavy atom. The van der Waals surface area contributed by atoms with Crippen LogP contribution in [0.3, 0.4) is 0 Å². The topological polar surface area (TPSA) is 215 Å². The van der Waals surface area contributed by atoms with E-state index in [4.69, 9.17) is 24.9 Å². The van der Waals surface area contributed by atoms with Gasteiger partial charge >= 0.3 is 17.9 Å². The van der Waals surface area contributed by atoms with Crippen LogP contribution in [0.1, 0.15) is 119 Å². The van der Waals surface area contributed by atoms with E-state index in [1.807, 2.05) is 18.2 Å². The normalized spacial score (nSPS) is 23.4. The van der Waals surface area contributed by atoms with Gasteiger partial charge in [0.2, 0.25) is 5.89 Å². The number of aliphatic carboxylic acids is 3. The molecule has 3 aromatic rings. The van der Waals surface area contributed by atoms with Crippen LogP contribution in [0, 0.1) is 17.3 Å². The van der Waals surface area contributed by atoms with Crippen LogP contribution in [0.5, 0.6) is 5.75 Å². The molecule has 1 heterocycles. The van der Waals surface area contributed by atoms with Crippen LogP contribution in [-0.4, -0.2) is 94.9 Å². The van der Waals surface area contributed by atoms with Gasteiger partial charge in [0, 0.05) is 18.9 Å². The Morgan fingerprint density at radius 1 is 0.963 bits per heavy atom. The summed E-state index contributed by atoms with van der Waals surface area (Å²) in [5, 5.41) is 58.0. The quantitative estimate of drug-likeness (QED) is 0.121. The average Bonchev–Trinajstić information content (AvgIpc) is 3.72. The van der Waals surface area contributed by atoms with Gasteiger partial charge in [0.15, 0.2) is 11.4 Å². The second kappa shape index (κ2) is 18.8. The molecule has 13 heteroatoms. The van der Waals surface area contributed by atoms with E-state index in [0.717, 1.165) is 69.4 Å². The lowest BCUT2D eigenvalue weighted by Crippen LogP contribution is -2.43. The molecule has 1 aromatic heterocycles. The van der Waals surface area contributed by atoms with E-state index in [-0.39, 0.29) is 17.4 Å². The lowest BCUT2D eigenvalue weighted by atomic mass is 9.55. The Labute approximate surface area is 317 Å². The van der Waals surface area contributed by atoms with E-state index in [9.17, 15) is 24.6 Å². The highest BCUT2D eigenvalue weighted by molar-refractivity contribution is 5.88. The number of carboxylic acid groups (broad SMARTS) is 3. The predicted octanol–water partition coefficient (Wildman–Crippen LogP) is 5.86. The predicted molar refractivity (Wildman–Crippen MR) is 200 cm³/mol. The van der Waals surface area contributed by atoms with Crippen molar-refractivity contribution < 1.29 is 49.5 Å². The average molecular weight is 752 g/mol. The Balaban J connectivity index is 0.000000186. The Morgan fingerprint density at radius 2 is 1.63 bits per heavy atom. The molecule has 3 aliphatic carbocycles. The molecule has 0 amide bonds. The van der Waals surface area contributed by atoms with Gasteiger partial charge in [-0.05, 0) is 110 Å². The number of fused-ring (bicyclic) bond motifs is 5. The van der Waals surface area contributed by atoms with Gasteiger partial charge in [0.05, 0.1) is 18.9 Å². The van der Waals surface area contributed by atoms with E-state index in [1.165, 1.54) is 36.0 Å². The molecule has 1 unspecified atom stereocenters. The first-order valence-electron chi connectivity index (χ1n) is 19.1. The monoisotopic (exact) mass is 751 g/mol. The smallest absolute Gasteiger partial charge is 0.336 e. The molecule has 2 saturated carbocycles. The van der Waals surface area contributed by atoms with Crippen LogP contribution < -0.4 is 0 Å². The van der Waals surface area contributed by atoms with E-state index in [1.54, 1.807) is 0 Å². The molecule has 3 aliphatic rings. The molecule has 2 fully saturated rings. The van der Waals surface area contributed by atoms with Gasteiger partial charge in [0.25, 0.3) is 0 Å². The van der Waals surface area contributed by atoms with Gasteiger partial charge in [0.1, 0.15) is 5.75 Å². The van der Waals surface area contributed by atoms with Gasteiger partial charge in [-0.1, -0.05) is 69.2 Å². The Bertz CT molecular complexity index is 1680. The highest BCUT2D eigenvalue weighted by atomic mass is 16.5. The number of carboxylic acids is 3. The number of aliphatic hydroxyl groups excluding tert-OH is 1. The number of aromatic nitrogens is 2. The lowest BCUT2D eigenvalue weighted by molar-refractivity contribution is -0.170. The maximum atomic E-state index is 10.4. The van der Waals surface area contributed by atoms with Crippen LogP contribution in [0.25, 0.3) is 0 Å². The Kier molecular flexibility index (Phi) is 14.8. The third-order valence-electron chi connectivity index (χ3n) is 11.9. The van der Waals surface area contributed by atoms with E-state index in [2.05, 4.69) is 73.1 Å². The molecule has 6 rings (SSSR count). The van der Waals surface area contributed by atoms with Gasteiger partial charge in [-0.25, -0.2) is 4.79 Å². The third-order valence-corrected chi connectivity index (χ3v) is 11.9. The van der Waals surface area contributed by atoms with Gasteiger partial charge in [-0.15, -0.1) is 0 Å². The molecular weight excluding hydrogens is 694 g/mol. The number of nitrogens with zero attached hydrogens (tertiary/aromatic N) is 3. The van der Waals surface area contributed by atoms with E-state index in [0.29, 0.717) is 17.6 Å². The number of aliphatic hydroxyl groups is 2. The molecule has 6 atom stereocenters. The minimum atomic E-state index is -2.74. The molecular formula is C41H57N3O10. The van der Waals surface area contributed by atoms with Crippen LogP contribution in [0.15, 0.2) is 53.1 Å². The summed E-state index contributed by atoms with van der Waals surface area (Å²) < 4.78 is 5.42. The standard InChI is InChI=1S/C18H24O2.C17H25N3O.C6H8O7/c1-18-9-8-14-13-5-3-12(19)10-11(13)2-4-15(14)16(18)6-7-17(18)20;1-4-15(14-10-8-7-9-11-14)17-18-16(21-19-17)12-13-20(5-2)6-3;7-3(8)1-6(13,5(11)12)2-4(9)10/h3,5,10,14-17,19-20H,2,4,6-9H2,1H3;7-11,15H,4-6,12-13H2,1-3H3;13H,1-2H2,(H,7,8)(H,9,10)(H,11,12)/t14-,15-,16+,17+,18+;;/m1../s1. The molecule has 0 radical (unpaired) electrons. The largest absolute Gasteiger partial charge is 0.508 e. The number of phenols is 1. The van der Waals surface area contributed by atoms with Crippen molar-refractivity contribution in [2.45, 2.75) is 115 Å². The summed E-state index contributed by atoms with van der Waals surface area (Å²) in [7, 11) is 0. The molecule has 2 aromatic carbocycles. The minimum Gasteiger partial charge on any atom is -0.508 e. The van der Waals surface area contributed by atoms with Crippen molar-refractivity contribution in [3.8, 4) is 5.75 Å². The summed E-state index contributed by atoms with van der Waals surface area (Å²) in [4.78, 5) is 37.4. The molecule has 296 valence electrons. The summed E-state index contributed by atoms with van der Waals surface area (Å²) in [6, 6.07) is 16.3. The molecule has 0 saturated heterocycles. The highest BCUT2D eigenvalue weighted by Crippen LogP contribution is 2.60. The first kappa shape index (κ1) is 42.4. The van der Waals surface area contributed by atoms with Crippen LogP contribution in [-0.2, 0) is 27.2 Å². The zero-order chi connectivity index (χ0) is 39.6. The maximum absolute atomic E-state index is 10.4. The van der Waals surface area contributed by atoms with Crippen molar-refractivity contribution in [1.29, 1.82) is 0 Å². The third kappa shape index (κ3) is 10.2. The summed E-state index contributed by atoms with van der Waals surface area (Å²) in [5.74, 6) is -0.765. The van der Waals surface area contributed by atoms with Crippen molar-refractivity contribution >= 4 is 17.9 Å². The van der Waals surface area contributed by atoms with Gasteiger partial charge in [-0.3, -0.25) is 9.59 Å².